The van der Waals surface area contributed by atoms with Gasteiger partial charge in [-0.25, -0.2) is 0 Å². The molecule has 3 nitrogen and oxygen atoms in total. The van der Waals surface area contributed by atoms with Gasteiger partial charge in [0.2, 0.25) is 5.91 Å². The smallest absolute Gasteiger partial charge is 0.227 e. The Morgan fingerprint density at radius 2 is 2.20 bits per heavy atom. The number of carbonyl (C=O) groups excluding carboxylic acids is 1. The fourth-order valence-corrected chi connectivity index (χ4v) is 1.90. The summed E-state index contributed by atoms with van der Waals surface area (Å²) in [6, 6.07) is 5.42. The van der Waals surface area contributed by atoms with Crippen molar-refractivity contribution in [1.82, 2.24) is 0 Å². The summed E-state index contributed by atoms with van der Waals surface area (Å²) in [7, 11) is 0. The van der Waals surface area contributed by atoms with E-state index in [1.165, 1.54) is 6.42 Å². The van der Waals surface area contributed by atoms with Crippen molar-refractivity contribution in [3.05, 3.63) is 22.7 Å². The first-order valence-electron chi connectivity index (χ1n) is 5.02. The van der Waals surface area contributed by atoms with Gasteiger partial charge in [-0.3, -0.25) is 4.79 Å². The Hall–Kier alpha value is -1.03. The van der Waals surface area contributed by atoms with Gasteiger partial charge in [-0.15, -0.1) is 0 Å². The first-order valence-corrected chi connectivity index (χ1v) is 5.82. The van der Waals surface area contributed by atoms with Crippen molar-refractivity contribution in [1.29, 1.82) is 0 Å². The van der Waals surface area contributed by atoms with Crippen LogP contribution in [0.2, 0.25) is 0 Å². The van der Waals surface area contributed by atoms with Crippen molar-refractivity contribution in [2.24, 2.45) is 5.92 Å². The van der Waals surface area contributed by atoms with Gasteiger partial charge in [0.25, 0.3) is 0 Å². The highest BCUT2D eigenvalue weighted by Gasteiger charge is 2.25. The van der Waals surface area contributed by atoms with Gasteiger partial charge in [0.15, 0.2) is 0 Å². The number of nitrogen functional groups attached to an aromatic ring is 1. The van der Waals surface area contributed by atoms with Crippen molar-refractivity contribution >= 4 is 33.2 Å². The second kappa shape index (κ2) is 4.23. The summed E-state index contributed by atoms with van der Waals surface area (Å²) >= 11 is 3.33. The van der Waals surface area contributed by atoms with E-state index in [-0.39, 0.29) is 11.8 Å². The molecule has 2 rings (SSSR count). The van der Waals surface area contributed by atoms with Crippen molar-refractivity contribution in [2.75, 3.05) is 11.1 Å². The Morgan fingerprint density at radius 1 is 1.47 bits per heavy atom. The van der Waals surface area contributed by atoms with E-state index in [0.29, 0.717) is 5.69 Å². The third-order valence-electron chi connectivity index (χ3n) is 2.74. The molecule has 15 heavy (non-hydrogen) atoms. The molecule has 1 aromatic rings. The average Bonchev–Trinajstić information content (AvgIpc) is 2.08. The fraction of sp³-hybridized carbons (Fsp3) is 0.364. The van der Waals surface area contributed by atoms with Crippen LogP contribution in [0.3, 0.4) is 0 Å². The van der Waals surface area contributed by atoms with Crippen LogP contribution in [0.15, 0.2) is 22.7 Å². The molecule has 1 aromatic carbocycles. The number of nitrogens with one attached hydrogen (secondary N) is 1. The zero-order valence-corrected chi connectivity index (χ0v) is 9.88. The molecule has 1 aliphatic carbocycles. The number of hydrogen-bond donors (Lipinski definition) is 2. The van der Waals surface area contributed by atoms with E-state index < -0.39 is 0 Å². The predicted molar refractivity (Wildman–Crippen MR) is 64.5 cm³/mol. The lowest BCUT2D eigenvalue weighted by molar-refractivity contribution is -0.122. The first kappa shape index (κ1) is 10.5. The van der Waals surface area contributed by atoms with Crippen LogP contribution in [0.1, 0.15) is 19.3 Å². The summed E-state index contributed by atoms with van der Waals surface area (Å²) in [6.45, 7) is 0. The Kier molecular flexibility index (Phi) is 2.95. The van der Waals surface area contributed by atoms with Gasteiger partial charge < -0.3 is 11.1 Å². The quantitative estimate of drug-likeness (QED) is 0.811. The molecule has 4 heteroatoms. The maximum Gasteiger partial charge on any atom is 0.227 e. The van der Waals surface area contributed by atoms with E-state index >= 15 is 0 Å². The Balaban J connectivity index is 2.03. The molecule has 0 heterocycles. The second-order valence-electron chi connectivity index (χ2n) is 3.85. The van der Waals surface area contributed by atoms with Gasteiger partial charge in [0.1, 0.15) is 0 Å². The number of rotatable bonds is 2. The minimum atomic E-state index is 0.123. The lowest BCUT2D eigenvalue weighted by Gasteiger charge is -2.24. The van der Waals surface area contributed by atoms with Crippen LogP contribution in [0.5, 0.6) is 0 Å². The van der Waals surface area contributed by atoms with Gasteiger partial charge in [-0.2, -0.15) is 0 Å². The molecular formula is C11H13BrN2O. The summed E-state index contributed by atoms with van der Waals surface area (Å²) in [5, 5.41) is 2.89. The number of nitrogens with two attached hydrogens (primary N) is 1. The first-order chi connectivity index (χ1) is 7.16. The molecule has 0 aromatic heterocycles. The standard InChI is InChI=1S/C11H13BrN2O/c12-9-6-8(4-5-10(9)13)14-11(15)7-2-1-3-7/h4-7H,1-3,13H2,(H,14,15). The number of amides is 1. The zero-order chi connectivity index (χ0) is 10.8. The van der Waals surface area contributed by atoms with Crippen LogP contribution in [-0.4, -0.2) is 5.91 Å². The van der Waals surface area contributed by atoms with Crippen molar-refractivity contribution in [2.45, 2.75) is 19.3 Å². The molecule has 1 fully saturated rings. The van der Waals surface area contributed by atoms with E-state index in [9.17, 15) is 4.79 Å². The highest BCUT2D eigenvalue weighted by atomic mass is 79.9. The highest BCUT2D eigenvalue weighted by molar-refractivity contribution is 9.10. The lowest BCUT2D eigenvalue weighted by atomic mass is 9.85. The largest absolute Gasteiger partial charge is 0.398 e. The van der Waals surface area contributed by atoms with E-state index in [1.807, 2.05) is 12.1 Å². The maximum absolute atomic E-state index is 11.6. The number of halogens is 1. The van der Waals surface area contributed by atoms with E-state index in [1.54, 1.807) is 6.07 Å². The highest BCUT2D eigenvalue weighted by Crippen LogP contribution is 2.28. The van der Waals surface area contributed by atoms with Crippen molar-refractivity contribution < 1.29 is 4.79 Å². The second-order valence-corrected chi connectivity index (χ2v) is 4.71. The van der Waals surface area contributed by atoms with E-state index in [4.69, 9.17) is 5.73 Å². The van der Waals surface area contributed by atoms with E-state index in [2.05, 4.69) is 21.2 Å². The maximum atomic E-state index is 11.6. The molecular weight excluding hydrogens is 256 g/mol. The topological polar surface area (TPSA) is 55.1 Å². The van der Waals surface area contributed by atoms with Crippen LogP contribution < -0.4 is 11.1 Å². The number of anilines is 2. The normalized spacial score (nSPS) is 15.8. The van der Waals surface area contributed by atoms with Gasteiger partial charge in [-0.1, -0.05) is 6.42 Å². The minimum absolute atomic E-state index is 0.123. The summed E-state index contributed by atoms with van der Waals surface area (Å²) in [4.78, 5) is 11.6. The summed E-state index contributed by atoms with van der Waals surface area (Å²) < 4.78 is 0.814. The lowest BCUT2D eigenvalue weighted by Crippen LogP contribution is -2.28. The SMILES string of the molecule is Nc1ccc(NC(=O)C2CCC2)cc1Br. The van der Waals surface area contributed by atoms with Crippen LogP contribution in [0.25, 0.3) is 0 Å². The van der Waals surface area contributed by atoms with Crippen molar-refractivity contribution in [3.63, 3.8) is 0 Å². The third kappa shape index (κ3) is 2.31. The Morgan fingerprint density at radius 3 is 2.73 bits per heavy atom. The molecule has 0 radical (unpaired) electrons. The molecule has 1 aliphatic rings. The van der Waals surface area contributed by atoms with Crippen molar-refractivity contribution in [3.8, 4) is 0 Å². The molecule has 0 atom stereocenters. The van der Waals surface area contributed by atoms with Gasteiger partial charge in [0, 0.05) is 21.8 Å². The van der Waals surface area contributed by atoms with Gasteiger partial charge >= 0.3 is 0 Å². The zero-order valence-electron chi connectivity index (χ0n) is 8.29. The molecule has 80 valence electrons. The average molecular weight is 269 g/mol. The number of hydrogen-bond acceptors (Lipinski definition) is 2. The minimum Gasteiger partial charge on any atom is -0.398 e. The fourth-order valence-electron chi connectivity index (χ4n) is 1.52. The molecule has 0 spiro atoms. The van der Waals surface area contributed by atoms with Crippen LogP contribution in [0, 0.1) is 5.92 Å². The summed E-state index contributed by atoms with van der Waals surface area (Å²) in [5.74, 6) is 0.333. The Bertz CT molecular complexity index is 388. The third-order valence-corrected chi connectivity index (χ3v) is 3.43. The van der Waals surface area contributed by atoms with Crippen LogP contribution >= 0.6 is 15.9 Å². The molecule has 0 unspecified atom stereocenters. The summed E-state index contributed by atoms with van der Waals surface area (Å²) in [5.41, 5.74) is 7.13. The predicted octanol–water partition coefficient (Wildman–Crippen LogP) is 2.77. The van der Waals surface area contributed by atoms with Gasteiger partial charge in [-0.05, 0) is 47.0 Å². The molecule has 1 amide bonds. The summed E-state index contributed by atoms with van der Waals surface area (Å²) in [6.07, 6.45) is 3.20. The number of benzene rings is 1. The monoisotopic (exact) mass is 268 g/mol. The molecule has 0 bridgehead atoms. The Labute approximate surface area is 97.2 Å². The molecule has 0 aliphatic heterocycles. The molecule has 3 N–H and O–H groups in total. The number of carbonyl (C=O) groups is 1. The molecule has 0 saturated heterocycles. The van der Waals surface area contributed by atoms with E-state index in [0.717, 1.165) is 23.0 Å². The molecule has 1 saturated carbocycles. The van der Waals surface area contributed by atoms with Crippen LogP contribution in [-0.2, 0) is 4.79 Å². The van der Waals surface area contributed by atoms with Gasteiger partial charge in [0.05, 0.1) is 0 Å². The van der Waals surface area contributed by atoms with Crippen LogP contribution in [0.4, 0.5) is 11.4 Å².